The van der Waals surface area contributed by atoms with Crippen LogP contribution in [0.1, 0.15) is 6.92 Å². The second-order valence-electron chi connectivity index (χ2n) is 4.78. The van der Waals surface area contributed by atoms with Crippen molar-refractivity contribution in [3.05, 3.63) is 48.3 Å². The number of benzene rings is 2. The van der Waals surface area contributed by atoms with Gasteiger partial charge in [0.05, 0.1) is 19.5 Å². The van der Waals surface area contributed by atoms with Gasteiger partial charge in [0.1, 0.15) is 5.82 Å². The lowest BCUT2D eigenvalue weighted by Crippen LogP contribution is -2.22. The first-order chi connectivity index (χ1) is 11.0. The van der Waals surface area contributed by atoms with Crippen molar-refractivity contribution in [2.75, 3.05) is 19.5 Å². The van der Waals surface area contributed by atoms with Crippen LogP contribution in [-0.4, -0.2) is 25.4 Å². The van der Waals surface area contributed by atoms with Crippen molar-refractivity contribution >= 4 is 23.4 Å². The van der Waals surface area contributed by atoms with Crippen molar-refractivity contribution in [2.24, 2.45) is 0 Å². The number of anilines is 1. The first-order valence-corrected chi connectivity index (χ1v) is 7.86. The van der Waals surface area contributed by atoms with E-state index in [0.717, 1.165) is 4.90 Å². The van der Waals surface area contributed by atoms with Crippen LogP contribution in [0.25, 0.3) is 0 Å². The Morgan fingerprint density at radius 2 is 1.87 bits per heavy atom. The Kier molecular flexibility index (Phi) is 5.87. The van der Waals surface area contributed by atoms with E-state index in [2.05, 4.69) is 5.32 Å². The molecule has 0 unspecified atom stereocenters. The number of rotatable bonds is 6. The maximum atomic E-state index is 13.1. The largest absolute Gasteiger partial charge is 0.493 e. The van der Waals surface area contributed by atoms with Crippen LogP contribution in [0.4, 0.5) is 10.1 Å². The minimum Gasteiger partial charge on any atom is -0.493 e. The normalized spacial score (nSPS) is 11.7. The molecule has 2 rings (SSSR count). The number of halogens is 1. The van der Waals surface area contributed by atoms with Crippen LogP contribution in [0.2, 0.25) is 0 Å². The van der Waals surface area contributed by atoms with Gasteiger partial charge in [0.25, 0.3) is 0 Å². The molecule has 0 fully saturated rings. The predicted molar refractivity (Wildman–Crippen MR) is 89.9 cm³/mol. The standard InChI is InChI=1S/C17H18FNO3S/c1-11(17(20)19-13-6-4-5-12(18)9-13)23-14-7-8-15(21-2)16(10-14)22-3/h4-11H,1-3H3,(H,19,20)/t11-/m0/s1. The van der Waals surface area contributed by atoms with E-state index in [9.17, 15) is 9.18 Å². The molecule has 2 aromatic carbocycles. The third-order valence-corrected chi connectivity index (χ3v) is 4.22. The molecule has 0 aliphatic rings. The summed E-state index contributed by atoms with van der Waals surface area (Å²) >= 11 is 1.38. The highest BCUT2D eigenvalue weighted by atomic mass is 32.2. The Morgan fingerprint density at radius 1 is 1.13 bits per heavy atom. The van der Waals surface area contributed by atoms with Gasteiger partial charge in [-0.25, -0.2) is 4.39 Å². The Labute approximate surface area is 139 Å². The molecule has 1 amide bonds. The van der Waals surface area contributed by atoms with E-state index in [1.807, 2.05) is 12.1 Å². The summed E-state index contributed by atoms with van der Waals surface area (Å²) in [5.74, 6) is 0.655. The molecule has 23 heavy (non-hydrogen) atoms. The number of thioether (sulfide) groups is 1. The lowest BCUT2D eigenvalue weighted by molar-refractivity contribution is -0.115. The summed E-state index contributed by atoms with van der Waals surface area (Å²) < 4.78 is 23.6. The van der Waals surface area contributed by atoms with E-state index < -0.39 is 0 Å². The average molecular weight is 335 g/mol. The molecule has 0 aromatic heterocycles. The second kappa shape index (κ2) is 7.87. The minimum atomic E-state index is -0.386. The lowest BCUT2D eigenvalue weighted by Gasteiger charge is -2.14. The lowest BCUT2D eigenvalue weighted by atomic mass is 10.3. The predicted octanol–water partition coefficient (Wildman–Crippen LogP) is 3.96. The monoisotopic (exact) mass is 335 g/mol. The molecule has 0 radical (unpaired) electrons. The highest BCUT2D eigenvalue weighted by Crippen LogP contribution is 2.33. The van der Waals surface area contributed by atoms with Crippen molar-refractivity contribution in [3.8, 4) is 11.5 Å². The highest BCUT2D eigenvalue weighted by molar-refractivity contribution is 8.00. The van der Waals surface area contributed by atoms with Crippen LogP contribution in [0.15, 0.2) is 47.4 Å². The van der Waals surface area contributed by atoms with Crippen molar-refractivity contribution in [1.29, 1.82) is 0 Å². The van der Waals surface area contributed by atoms with Crippen molar-refractivity contribution in [1.82, 2.24) is 0 Å². The number of carbonyl (C=O) groups excluding carboxylic acids is 1. The molecule has 6 heteroatoms. The zero-order valence-electron chi connectivity index (χ0n) is 13.1. The van der Waals surface area contributed by atoms with Crippen molar-refractivity contribution < 1.29 is 18.7 Å². The summed E-state index contributed by atoms with van der Waals surface area (Å²) in [5.41, 5.74) is 0.440. The third kappa shape index (κ3) is 4.63. The fourth-order valence-electron chi connectivity index (χ4n) is 1.96. The van der Waals surface area contributed by atoms with Gasteiger partial charge in [-0.05, 0) is 43.3 Å². The van der Waals surface area contributed by atoms with Crippen LogP contribution >= 0.6 is 11.8 Å². The Bertz CT molecular complexity index is 693. The van der Waals surface area contributed by atoms with Gasteiger partial charge < -0.3 is 14.8 Å². The Balaban J connectivity index is 2.03. The molecule has 0 bridgehead atoms. The van der Waals surface area contributed by atoms with E-state index in [4.69, 9.17) is 9.47 Å². The molecule has 122 valence electrons. The number of carbonyl (C=O) groups is 1. The number of hydrogen-bond donors (Lipinski definition) is 1. The highest BCUT2D eigenvalue weighted by Gasteiger charge is 2.16. The molecule has 0 aliphatic carbocycles. The van der Waals surface area contributed by atoms with E-state index in [0.29, 0.717) is 17.2 Å². The maximum absolute atomic E-state index is 13.1. The number of amides is 1. The minimum absolute atomic E-state index is 0.199. The fourth-order valence-corrected chi connectivity index (χ4v) is 2.85. The summed E-state index contributed by atoms with van der Waals surface area (Å²) in [6.45, 7) is 1.79. The molecule has 0 aliphatic heterocycles. The van der Waals surface area contributed by atoms with Crippen LogP contribution in [0, 0.1) is 5.82 Å². The summed E-state index contributed by atoms with van der Waals surface area (Å²) in [7, 11) is 3.13. The van der Waals surface area contributed by atoms with Gasteiger partial charge in [0.15, 0.2) is 11.5 Å². The molecule has 0 saturated carbocycles. The molecule has 0 saturated heterocycles. The van der Waals surface area contributed by atoms with Gasteiger partial charge in [0, 0.05) is 10.6 Å². The molecule has 4 nitrogen and oxygen atoms in total. The molecule has 1 atom stereocenters. The van der Waals surface area contributed by atoms with Crippen LogP contribution in [0.5, 0.6) is 11.5 Å². The fraction of sp³-hybridized carbons (Fsp3) is 0.235. The SMILES string of the molecule is COc1ccc(S[C@@H](C)C(=O)Nc2cccc(F)c2)cc1OC. The van der Waals surface area contributed by atoms with Gasteiger partial charge in [-0.1, -0.05) is 6.07 Å². The van der Waals surface area contributed by atoms with Gasteiger partial charge in [0.2, 0.25) is 5.91 Å². The number of hydrogen-bond acceptors (Lipinski definition) is 4. The number of ether oxygens (including phenoxy) is 2. The first kappa shape index (κ1) is 17.1. The van der Waals surface area contributed by atoms with Gasteiger partial charge in [-0.15, -0.1) is 11.8 Å². The molecule has 0 heterocycles. The van der Waals surface area contributed by atoms with Crippen LogP contribution in [0.3, 0.4) is 0 Å². The topological polar surface area (TPSA) is 47.6 Å². The smallest absolute Gasteiger partial charge is 0.237 e. The molecule has 0 spiro atoms. The molecule has 2 aromatic rings. The van der Waals surface area contributed by atoms with Gasteiger partial charge in [-0.2, -0.15) is 0 Å². The van der Waals surface area contributed by atoms with Crippen molar-refractivity contribution in [3.63, 3.8) is 0 Å². The van der Waals surface area contributed by atoms with E-state index in [1.54, 1.807) is 39.3 Å². The van der Waals surface area contributed by atoms with Crippen LogP contribution < -0.4 is 14.8 Å². The summed E-state index contributed by atoms with van der Waals surface area (Å²) in [6.07, 6.45) is 0. The zero-order chi connectivity index (χ0) is 16.8. The maximum Gasteiger partial charge on any atom is 0.237 e. The first-order valence-electron chi connectivity index (χ1n) is 6.98. The number of methoxy groups -OCH3 is 2. The summed E-state index contributed by atoms with van der Waals surface area (Å²) in [4.78, 5) is 13.1. The third-order valence-electron chi connectivity index (χ3n) is 3.13. The van der Waals surface area contributed by atoms with Crippen molar-refractivity contribution in [2.45, 2.75) is 17.1 Å². The van der Waals surface area contributed by atoms with Gasteiger partial charge in [-0.3, -0.25) is 4.79 Å². The zero-order valence-corrected chi connectivity index (χ0v) is 13.9. The quantitative estimate of drug-likeness (QED) is 0.812. The Morgan fingerprint density at radius 3 is 2.52 bits per heavy atom. The van der Waals surface area contributed by atoms with E-state index in [1.165, 1.54) is 23.9 Å². The molecular formula is C17H18FNO3S. The Hall–Kier alpha value is -2.21. The summed E-state index contributed by atoms with van der Waals surface area (Å²) in [6, 6.07) is 11.3. The van der Waals surface area contributed by atoms with Gasteiger partial charge >= 0.3 is 0 Å². The summed E-state index contributed by atoms with van der Waals surface area (Å²) in [5, 5.41) is 2.35. The second-order valence-corrected chi connectivity index (χ2v) is 6.19. The van der Waals surface area contributed by atoms with E-state index >= 15 is 0 Å². The van der Waals surface area contributed by atoms with E-state index in [-0.39, 0.29) is 17.0 Å². The molecular weight excluding hydrogens is 317 g/mol. The number of nitrogens with one attached hydrogen (secondary N) is 1. The van der Waals surface area contributed by atoms with Crippen LogP contribution in [-0.2, 0) is 4.79 Å². The average Bonchev–Trinajstić information content (AvgIpc) is 2.54. The molecule has 1 N–H and O–H groups in total.